The first-order valence-electron chi connectivity index (χ1n) is 10.5. The Bertz CT molecular complexity index is 1120. The second-order valence-electron chi connectivity index (χ2n) is 7.79. The zero-order valence-electron chi connectivity index (χ0n) is 18.6. The zero-order valence-corrected chi connectivity index (χ0v) is 20.2. The van der Waals surface area contributed by atoms with E-state index in [0.29, 0.717) is 23.3 Å². The molecule has 1 saturated heterocycles. The molecule has 0 spiro atoms. The fraction of sp³-hybridized carbons (Fsp3) is 0.333. The van der Waals surface area contributed by atoms with E-state index in [0.717, 1.165) is 28.5 Å². The molecule has 6 nitrogen and oxygen atoms in total. The van der Waals surface area contributed by atoms with Crippen LogP contribution in [0.1, 0.15) is 34.7 Å². The standard InChI is InChI=1S/C24H27ClN4O2S/c1-15-13-18(16(2)29(15)20-14-17(25)8-9-21(20)31-4)23-22(19-7-5-6-10-26-19)27-24(32)28(23)11-12-30-3/h5-10,13-14,22-23H,11-12H2,1-4H3,(H,27,32). The summed E-state index contributed by atoms with van der Waals surface area (Å²) < 4.78 is 13.2. The van der Waals surface area contributed by atoms with Gasteiger partial charge in [0, 0.05) is 36.3 Å². The maximum Gasteiger partial charge on any atom is 0.170 e. The highest BCUT2D eigenvalue weighted by Gasteiger charge is 2.41. The van der Waals surface area contributed by atoms with Gasteiger partial charge in [-0.2, -0.15) is 0 Å². The largest absolute Gasteiger partial charge is 0.495 e. The van der Waals surface area contributed by atoms with Crippen molar-refractivity contribution in [3.8, 4) is 11.4 Å². The van der Waals surface area contributed by atoms with Crippen LogP contribution in [0.4, 0.5) is 0 Å². The number of ether oxygens (including phenoxy) is 2. The van der Waals surface area contributed by atoms with Crippen LogP contribution in [-0.4, -0.2) is 46.9 Å². The molecule has 1 aromatic carbocycles. The summed E-state index contributed by atoms with van der Waals surface area (Å²) in [6, 6.07) is 13.7. The smallest absolute Gasteiger partial charge is 0.170 e. The van der Waals surface area contributed by atoms with Crippen LogP contribution in [0, 0.1) is 13.8 Å². The number of rotatable bonds is 7. The number of hydrogen-bond donors (Lipinski definition) is 1. The highest BCUT2D eigenvalue weighted by Crippen LogP contribution is 2.42. The molecule has 32 heavy (non-hydrogen) atoms. The Labute approximate surface area is 199 Å². The van der Waals surface area contributed by atoms with Gasteiger partial charge in [-0.3, -0.25) is 4.98 Å². The Balaban J connectivity index is 1.85. The van der Waals surface area contributed by atoms with E-state index in [1.165, 1.54) is 5.56 Å². The van der Waals surface area contributed by atoms with Gasteiger partial charge in [-0.1, -0.05) is 17.7 Å². The Morgan fingerprint density at radius 2 is 1.97 bits per heavy atom. The summed E-state index contributed by atoms with van der Waals surface area (Å²) in [4.78, 5) is 6.81. The predicted octanol–water partition coefficient (Wildman–Crippen LogP) is 4.77. The molecule has 0 amide bonds. The molecule has 0 bridgehead atoms. The lowest BCUT2D eigenvalue weighted by Gasteiger charge is -2.28. The van der Waals surface area contributed by atoms with Gasteiger partial charge in [0.1, 0.15) is 5.75 Å². The average Bonchev–Trinajstić information content (AvgIpc) is 3.27. The van der Waals surface area contributed by atoms with Gasteiger partial charge in [0.25, 0.3) is 0 Å². The summed E-state index contributed by atoms with van der Waals surface area (Å²) in [6.07, 6.45) is 1.81. The molecule has 0 saturated carbocycles. The Morgan fingerprint density at radius 3 is 2.66 bits per heavy atom. The number of pyridine rings is 1. The van der Waals surface area contributed by atoms with Crippen LogP contribution in [0.3, 0.4) is 0 Å². The second-order valence-corrected chi connectivity index (χ2v) is 8.61. The molecule has 0 aliphatic carbocycles. The number of aryl methyl sites for hydroxylation is 1. The SMILES string of the molecule is COCCN1C(=S)NC(c2ccccn2)C1c1cc(C)n(-c2cc(Cl)ccc2OC)c1C. The van der Waals surface area contributed by atoms with Crippen LogP contribution in [0.25, 0.3) is 5.69 Å². The summed E-state index contributed by atoms with van der Waals surface area (Å²) in [5.74, 6) is 0.764. The molecule has 0 radical (unpaired) electrons. The third-order valence-electron chi connectivity index (χ3n) is 5.90. The number of methoxy groups -OCH3 is 2. The minimum atomic E-state index is -0.0734. The van der Waals surface area contributed by atoms with Crippen LogP contribution < -0.4 is 10.1 Å². The first kappa shape index (κ1) is 22.6. The van der Waals surface area contributed by atoms with E-state index >= 15 is 0 Å². The molecule has 2 unspecified atom stereocenters. The summed E-state index contributed by atoms with van der Waals surface area (Å²) in [6.45, 7) is 5.47. The Kier molecular flexibility index (Phi) is 6.69. The summed E-state index contributed by atoms with van der Waals surface area (Å²) in [7, 11) is 3.37. The van der Waals surface area contributed by atoms with Crippen LogP contribution in [-0.2, 0) is 4.74 Å². The van der Waals surface area contributed by atoms with Crippen molar-refractivity contribution < 1.29 is 9.47 Å². The fourth-order valence-electron chi connectivity index (χ4n) is 4.47. The first-order chi connectivity index (χ1) is 15.5. The minimum absolute atomic E-state index is 0.0299. The summed E-state index contributed by atoms with van der Waals surface area (Å²) >= 11 is 12.1. The fourth-order valence-corrected chi connectivity index (χ4v) is 4.97. The monoisotopic (exact) mass is 470 g/mol. The quantitative estimate of drug-likeness (QED) is 0.502. The predicted molar refractivity (Wildman–Crippen MR) is 131 cm³/mol. The number of hydrogen-bond acceptors (Lipinski definition) is 4. The van der Waals surface area contributed by atoms with Crippen LogP contribution in [0.2, 0.25) is 5.02 Å². The molecule has 8 heteroatoms. The van der Waals surface area contributed by atoms with Crippen LogP contribution >= 0.6 is 23.8 Å². The van der Waals surface area contributed by atoms with E-state index in [9.17, 15) is 0 Å². The van der Waals surface area contributed by atoms with Gasteiger partial charge in [0.2, 0.25) is 0 Å². The van der Waals surface area contributed by atoms with Crippen molar-refractivity contribution in [1.82, 2.24) is 19.8 Å². The van der Waals surface area contributed by atoms with Crippen molar-refractivity contribution in [2.45, 2.75) is 25.9 Å². The van der Waals surface area contributed by atoms with Gasteiger partial charge in [0.15, 0.2) is 5.11 Å². The molecule has 1 fully saturated rings. The van der Waals surface area contributed by atoms with Crippen molar-refractivity contribution in [3.05, 3.63) is 76.3 Å². The molecule has 1 N–H and O–H groups in total. The molecule has 2 aromatic heterocycles. The van der Waals surface area contributed by atoms with Gasteiger partial charge in [-0.15, -0.1) is 0 Å². The normalized spacial score (nSPS) is 18.2. The Hall–Kier alpha value is -2.61. The van der Waals surface area contributed by atoms with Gasteiger partial charge in [-0.25, -0.2) is 0 Å². The van der Waals surface area contributed by atoms with Crippen molar-refractivity contribution in [3.63, 3.8) is 0 Å². The topological polar surface area (TPSA) is 51.5 Å². The number of halogens is 1. The first-order valence-corrected chi connectivity index (χ1v) is 11.2. The average molecular weight is 471 g/mol. The van der Waals surface area contributed by atoms with E-state index < -0.39 is 0 Å². The van der Waals surface area contributed by atoms with E-state index in [2.05, 4.69) is 39.7 Å². The number of aromatic nitrogens is 2. The molecule has 3 heterocycles. The van der Waals surface area contributed by atoms with Crippen LogP contribution in [0.5, 0.6) is 5.75 Å². The lowest BCUT2D eigenvalue weighted by molar-refractivity contribution is 0.164. The highest BCUT2D eigenvalue weighted by atomic mass is 35.5. The number of nitrogens with zero attached hydrogens (tertiary/aromatic N) is 3. The second kappa shape index (κ2) is 9.48. The van der Waals surface area contributed by atoms with Gasteiger partial charge in [-0.05, 0) is 68.0 Å². The lowest BCUT2D eigenvalue weighted by atomic mass is 9.97. The van der Waals surface area contributed by atoms with E-state index in [1.54, 1.807) is 14.2 Å². The molecule has 3 aromatic rings. The molecule has 1 aliphatic heterocycles. The van der Waals surface area contributed by atoms with Crippen molar-refractivity contribution >= 4 is 28.9 Å². The maximum atomic E-state index is 6.34. The maximum absolute atomic E-state index is 6.34. The van der Waals surface area contributed by atoms with Crippen LogP contribution in [0.15, 0.2) is 48.7 Å². The molecular formula is C24H27ClN4O2S. The number of thiocarbonyl (C=S) groups is 1. The van der Waals surface area contributed by atoms with Gasteiger partial charge < -0.3 is 24.3 Å². The van der Waals surface area contributed by atoms with Crippen molar-refractivity contribution in [2.75, 3.05) is 27.4 Å². The molecule has 2 atom stereocenters. The van der Waals surface area contributed by atoms with Gasteiger partial charge in [0.05, 0.1) is 37.2 Å². The molecule has 4 rings (SSSR count). The highest BCUT2D eigenvalue weighted by molar-refractivity contribution is 7.80. The van der Waals surface area contributed by atoms with E-state index in [-0.39, 0.29) is 12.1 Å². The molecular weight excluding hydrogens is 444 g/mol. The Morgan fingerprint density at radius 1 is 1.16 bits per heavy atom. The molecule has 168 valence electrons. The lowest BCUT2D eigenvalue weighted by Crippen LogP contribution is -2.32. The van der Waals surface area contributed by atoms with Crippen molar-refractivity contribution in [1.29, 1.82) is 0 Å². The third kappa shape index (κ3) is 4.08. The molecule has 1 aliphatic rings. The minimum Gasteiger partial charge on any atom is -0.495 e. The number of benzene rings is 1. The van der Waals surface area contributed by atoms with E-state index in [1.807, 2.05) is 42.6 Å². The number of nitrogens with one attached hydrogen (secondary N) is 1. The van der Waals surface area contributed by atoms with E-state index in [4.69, 9.17) is 33.3 Å². The third-order valence-corrected chi connectivity index (χ3v) is 6.49. The zero-order chi connectivity index (χ0) is 22.8. The van der Waals surface area contributed by atoms with Gasteiger partial charge >= 0.3 is 0 Å². The van der Waals surface area contributed by atoms with Crippen molar-refractivity contribution in [2.24, 2.45) is 0 Å². The summed E-state index contributed by atoms with van der Waals surface area (Å²) in [5.41, 5.74) is 5.21. The summed E-state index contributed by atoms with van der Waals surface area (Å²) in [5, 5.41) is 4.85.